The molecule has 0 amide bonds. The van der Waals surface area contributed by atoms with Crippen LogP contribution in [0.3, 0.4) is 0 Å². The highest BCUT2D eigenvalue weighted by Crippen LogP contribution is 2.44. The maximum Gasteiger partial charge on any atom is 0.0988 e. The van der Waals surface area contributed by atoms with E-state index in [-0.39, 0.29) is 6.67 Å². The van der Waals surface area contributed by atoms with Crippen molar-refractivity contribution in [2.75, 3.05) is 25.5 Å². The Hall–Kier alpha value is -1.32. The number of rotatable bonds is 4. The number of halogens is 1. The van der Waals surface area contributed by atoms with Crippen LogP contribution in [0.1, 0.15) is 41.5 Å². The lowest BCUT2D eigenvalue weighted by Crippen LogP contribution is -2.34. The van der Waals surface area contributed by atoms with Gasteiger partial charge in [0.25, 0.3) is 0 Å². The molecule has 0 spiro atoms. The van der Waals surface area contributed by atoms with Crippen LogP contribution in [0.2, 0.25) is 0 Å². The van der Waals surface area contributed by atoms with E-state index in [1.807, 2.05) is 0 Å². The summed E-state index contributed by atoms with van der Waals surface area (Å²) in [6.45, 7) is 2.08. The summed E-state index contributed by atoms with van der Waals surface area (Å²) in [4.78, 5) is 3.81. The van der Waals surface area contributed by atoms with Crippen LogP contribution in [0.15, 0.2) is 53.4 Å². The van der Waals surface area contributed by atoms with E-state index < -0.39 is 0 Å². The molecule has 1 fully saturated rings. The molecule has 2 aliphatic heterocycles. The first-order chi connectivity index (χ1) is 11.4. The first kappa shape index (κ1) is 15.2. The molecule has 1 nitrogen and oxygen atoms in total. The van der Waals surface area contributed by atoms with Gasteiger partial charge in [-0.3, -0.25) is 9.29 Å². The molecule has 0 bridgehead atoms. The highest BCUT2D eigenvalue weighted by molar-refractivity contribution is 7.99. The van der Waals surface area contributed by atoms with Gasteiger partial charge in [0, 0.05) is 29.2 Å². The number of hydrogen-bond acceptors (Lipinski definition) is 2. The first-order valence-electron chi connectivity index (χ1n) is 8.48. The van der Waals surface area contributed by atoms with Crippen molar-refractivity contribution in [2.45, 2.75) is 29.7 Å². The normalized spacial score (nSPS) is 23.5. The first-order valence-corrected chi connectivity index (χ1v) is 9.47. The highest BCUT2D eigenvalue weighted by Gasteiger charge is 2.35. The van der Waals surface area contributed by atoms with Crippen LogP contribution in [-0.2, 0) is 0 Å². The fourth-order valence-corrected chi connectivity index (χ4v) is 4.74. The van der Waals surface area contributed by atoms with E-state index in [4.69, 9.17) is 0 Å². The standard InChI is InChI=1S/C20H22FNS/c21-11-13-23-16-9-7-15(8-10-16)19-14-22-12-3-6-20(22)18-5-2-1-4-17(18)19/h1-2,4-5,7-10,19-20H,3,6,11-14H2/t19-,20+/m0/s1/i21-1. The monoisotopic (exact) mass is 326 g/mol. The van der Waals surface area contributed by atoms with Crippen molar-refractivity contribution < 1.29 is 4.39 Å². The highest BCUT2D eigenvalue weighted by atomic mass is 32.2. The Morgan fingerprint density at radius 3 is 2.61 bits per heavy atom. The summed E-state index contributed by atoms with van der Waals surface area (Å²) in [6.07, 6.45) is 2.60. The summed E-state index contributed by atoms with van der Waals surface area (Å²) >= 11 is 1.59. The molecule has 2 atom stereocenters. The van der Waals surface area contributed by atoms with Gasteiger partial charge in [0.1, 0.15) is 0 Å². The second-order valence-electron chi connectivity index (χ2n) is 6.44. The van der Waals surface area contributed by atoms with Crippen molar-refractivity contribution in [2.24, 2.45) is 0 Å². The van der Waals surface area contributed by atoms with Gasteiger partial charge in [0.05, 0.1) is 6.67 Å². The largest absolute Gasteiger partial charge is 0.295 e. The molecular weight excluding hydrogens is 304 g/mol. The van der Waals surface area contributed by atoms with Crippen molar-refractivity contribution in [1.82, 2.24) is 4.90 Å². The van der Waals surface area contributed by atoms with Gasteiger partial charge in [-0.05, 0) is 48.2 Å². The van der Waals surface area contributed by atoms with Gasteiger partial charge in [-0.2, -0.15) is 0 Å². The van der Waals surface area contributed by atoms with Gasteiger partial charge in [-0.25, -0.2) is 0 Å². The van der Waals surface area contributed by atoms with Gasteiger partial charge < -0.3 is 0 Å². The Labute approximate surface area is 141 Å². The zero-order valence-electron chi connectivity index (χ0n) is 13.2. The minimum absolute atomic E-state index is 0.265. The molecule has 2 aliphatic rings. The molecule has 4 rings (SSSR count). The molecule has 3 heteroatoms. The third-order valence-corrected chi connectivity index (χ3v) is 6.10. The van der Waals surface area contributed by atoms with Crippen LogP contribution >= 0.6 is 11.8 Å². The van der Waals surface area contributed by atoms with Crippen LogP contribution in [0.4, 0.5) is 4.39 Å². The topological polar surface area (TPSA) is 3.24 Å². The van der Waals surface area contributed by atoms with Crippen molar-refractivity contribution in [1.29, 1.82) is 0 Å². The number of alkyl halides is 1. The van der Waals surface area contributed by atoms with E-state index in [9.17, 15) is 4.39 Å². The van der Waals surface area contributed by atoms with Crippen LogP contribution in [0.25, 0.3) is 0 Å². The lowest BCUT2D eigenvalue weighted by Gasteiger charge is -2.37. The van der Waals surface area contributed by atoms with Crippen molar-refractivity contribution in [3.05, 3.63) is 65.2 Å². The number of hydrogen-bond donors (Lipinski definition) is 0. The quantitative estimate of drug-likeness (QED) is 0.725. The molecule has 120 valence electrons. The van der Waals surface area contributed by atoms with Gasteiger partial charge in [-0.15, -0.1) is 11.8 Å². The number of fused-ring (bicyclic) bond motifs is 3. The molecule has 0 aliphatic carbocycles. The molecule has 2 heterocycles. The second kappa shape index (κ2) is 6.66. The van der Waals surface area contributed by atoms with Crippen LogP contribution < -0.4 is 0 Å². The molecule has 1 saturated heterocycles. The predicted molar refractivity (Wildman–Crippen MR) is 95.0 cm³/mol. The number of benzene rings is 2. The molecule has 23 heavy (non-hydrogen) atoms. The Morgan fingerprint density at radius 1 is 1.04 bits per heavy atom. The Bertz CT molecular complexity index is 670. The molecular formula is C20H22FNS. The van der Waals surface area contributed by atoms with Crippen LogP contribution in [-0.4, -0.2) is 30.4 Å². The fourth-order valence-electron chi connectivity index (χ4n) is 4.10. The Balaban J connectivity index is 1.65. The lowest BCUT2D eigenvalue weighted by atomic mass is 9.82. The average Bonchev–Trinajstić information content (AvgIpc) is 3.08. The third-order valence-electron chi connectivity index (χ3n) is 5.14. The van der Waals surface area contributed by atoms with Crippen LogP contribution in [0.5, 0.6) is 0 Å². The second-order valence-corrected chi connectivity index (χ2v) is 7.61. The zero-order chi connectivity index (χ0) is 15.6. The summed E-state index contributed by atoms with van der Waals surface area (Å²) in [7, 11) is 0. The molecule has 2 aromatic carbocycles. The van der Waals surface area contributed by atoms with E-state index in [0.29, 0.717) is 17.7 Å². The van der Waals surface area contributed by atoms with E-state index in [1.165, 1.54) is 36.1 Å². The predicted octanol–water partition coefficient (Wildman–Crippen LogP) is 5.03. The summed E-state index contributed by atoms with van der Waals surface area (Å²) in [6, 6.07) is 18.4. The Kier molecular flexibility index (Phi) is 4.41. The summed E-state index contributed by atoms with van der Waals surface area (Å²) in [5.41, 5.74) is 4.41. The minimum Gasteiger partial charge on any atom is -0.295 e. The molecule has 0 aromatic heterocycles. The van der Waals surface area contributed by atoms with E-state index in [1.54, 1.807) is 11.8 Å². The molecule has 2 aromatic rings. The van der Waals surface area contributed by atoms with Gasteiger partial charge in [0.2, 0.25) is 0 Å². The van der Waals surface area contributed by atoms with Gasteiger partial charge in [-0.1, -0.05) is 36.4 Å². The van der Waals surface area contributed by atoms with Crippen molar-refractivity contribution in [3.63, 3.8) is 0 Å². The van der Waals surface area contributed by atoms with Gasteiger partial charge in [0.15, 0.2) is 0 Å². The van der Waals surface area contributed by atoms with Crippen LogP contribution in [0, 0.1) is 0 Å². The van der Waals surface area contributed by atoms with Gasteiger partial charge >= 0.3 is 0 Å². The summed E-state index contributed by atoms with van der Waals surface area (Å²) in [5, 5.41) is 0. The molecule has 0 saturated carbocycles. The summed E-state index contributed by atoms with van der Waals surface area (Å²) in [5.74, 6) is 1.00. The van der Waals surface area contributed by atoms with E-state index in [0.717, 1.165) is 11.4 Å². The smallest absolute Gasteiger partial charge is 0.0988 e. The molecule has 0 N–H and O–H groups in total. The zero-order valence-corrected chi connectivity index (χ0v) is 14.1. The number of thioether (sulfide) groups is 1. The maximum absolute atomic E-state index is 12.3. The lowest BCUT2D eigenvalue weighted by molar-refractivity contribution is 0.230. The maximum atomic E-state index is 12.3. The third kappa shape index (κ3) is 2.92. The Morgan fingerprint density at radius 2 is 1.83 bits per heavy atom. The molecule has 0 unspecified atom stereocenters. The summed E-state index contributed by atoms with van der Waals surface area (Å²) < 4.78 is 12.3. The van der Waals surface area contributed by atoms with Crippen molar-refractivity contribution >= 4 is 11.8 Å². The molecule has 0 radical (unpaired) electrons. The minimum atomic E-state index is -0.265. The van der Waals surface area contributed by atoms with E-state index in [2.05, 4.69) is 53.4 Å². The van der Waals surface area contributed by atoms with E-state index >= 15 is 0 Å². The average molecular weight is 326 g/mol. The SMILES string of the molecule is [18F]CCSc1ccc([C@@H]2CN3CCC[C@@H]3c3ccccc32)cc1. The number of nitrogens with zero attached hydrogens (tertiary/aromatic N) is 1. The van der Waals surface area contributed by atoms with Crippen molar-refractivity contribution in [3.8, 4) is 0 Å². The fraction of sp³-hybridized carbons (Fsp3) is 0.400.